The Kier molecular flexibility index (Phi) is 9.62. The molecule has 0 saturated carbocycles. The number of carbonyl (C=O) groups is 1. The predicted molar refractivity (Wildman–Crippen MR) is 171 cm³/mol. The molecule has 1 aromatic heterocycles. The van der Waals surface area contributed by atoms with Gasteiger partial charge in [0.05, 0.1) is 12.8 Å². The number of nitrogens with one attached hydrogen (secondary N) is 3. The maximum Gasteiger partial charge on any atom is 0.247 e. The number of thiocarbonyl (C=S) groups is 1. The Morgan fingerprint density at radius 2 is 1.83 bits per heavy atom. The number of rotatable bonds is 10. The maximum atomic E-state index is 14.4. The number of aromatic nitrogens is 2. The van der Waals surface area contributed by atoms with Crippen molar-refractivity contribution in [3.8, 4) is 5.75 Å². The molecule has 11 heteroatoms. The zero-order valence-electron chi connectivity index (χ0n) is 22.7. The molecule has 0 atom stereocenters. The van der Waals surface area contributed by atoms with Crippen molar-refractivity contribution in [2.45, 2.75) is 13.0 Å². The van der Waals surface area contributed by atoms with Gasteiger partial charge in [-0.1, -0.05) is 60.9 Å². The molecule has 8 nitrogen and oxygen atoms in total. The lowest BCUT2D eigenvalue weighted by molar-refractivity contribution is -0.111. The van der Waals surface area contributed by atoms with E-state index in [2.05, 4.69) is 61.7 Å². The molecule has 1 amide bonds. The Morgan fingerprint density at radius 1 is 1.05 bits per heavy atom. The molecule has 42 heavy (non-hydrogen) atoms. The molecule has 0 spiro atoms. The summed E-state index contributed by atoms with van der Waals surface area (Å²) in [7, 11) is 0. The third-order valence-corrected chi connectivity index (χ3v) is 7.89. The van der Waals surface area contributed by atoms with Gasteiger partial charge in [0, 0.05) is 35.9 Å². The standard InChI is InChI=1S/C31H29FN6O2S2/c1-2-28(39)34-24-8-5-9-25(18-24)35-29-27(32)19-33-30(37-29)36-23-10-12-26(13-11-23)40-16-17-42-31(41)38-15-14-21-6-3-4-7-22(21)20-38/h2-13,18-19H,1,14-17,20H2,(H,34,39)(H2,33,35,36,37). The average molecular weight is 601 g/mol. The Bertz CT molecular complexity index is 1580. The highest BCUT2D eigenvalue weighted by molar-refractivity contribution is 8.22. The largest absolute Gasteiger partial charge is 0.493 e. The normalized spacial score (nSPS) is 12.2. The second-order valence-corrected chi connectivity index (χ2v) is 11.1. The number of anilines is 5. The molecule has 0 aliphatic carbocycles. The zero-order valence-corrected chi connectivity index (χ0v) is 24.3. The van der Waals surface area contributed by atoms with Crippen LogP contribution in [0.15, 0.2) is 91.6 Å². The van der Waals surface area contributed by atoms with Gasteiger partial charge in [-0.3, -0.25) is 4.79 Å². The molecule has 0 fully saturated rings. The number of nitrogens with zero attached hydrogens (tertiary/aromatic N) is 3. The molecule has 214 valence electrons. The molecule has 2 heterocycles. The van der Waals surface area contributed by atoms with E-state index in [1.54, 1.807) is 36.0 Å². The van der Waals surface area contributed by atoms with E-state index in [4.69, 9.17) is 17.0 Å². The van der Waals surface area contributed by atoms with Crippen molar-refractivity contribution in [2.75, 3.05) is 34.9 Å². The Hall–Kier alpha value is -4.48. The van der Waals surface area contributed by atoms with Crippen LogP contribution in [0.3, 0.4) is 0 Å². The first kappa shape index (κ1) is 29.0. The monoisotopic (exact) mass is 600 g/mol. The lowest BCUT2D eigenvalue weighted by atomic mass is 10.0. The lowest BCUT2D eigenvalue weighted by Gasteiger charge is -2.30. The number of hydrogen-bond acceptors (Lipinski definition) is 8. The smallest absolute Gasteiger partial charge is 0.247 e. The van der Waals surface area contributed by atoms with E-state index in [1.807, 2.05) is 24.3 Å². The molecule has 0 bridgehead atoms. The van der Waals surface area contributed by atoms with E-state index < -0.39 is 5.82 Å². The molecule has 0 radical (unpaired) electrons. The molecule has 1 aliphatic rings. The van der Waals surface area contributed by atoms with Crippen molar-refractivity contribution in [2.24, 2.45) is 0 Å². The number of halogens is 1. The number of benzene rings is 3. The van der Waals surface area contributed by atoms with Crippen molar-refractivity contribution in [1.82, 2.24) is 14.9 Å². The van der Waals surface area contributed by atoms with E-state index in [-0.39, 0.29) is 17.7 Å². The summed E-state index contributed by atoms with van der Waals surface area (Å²) in [6.45, 7) is 5.76. The number of hydrogen-bond donors (Lipinski definition) is 3. The first-order valence-electron chi connectivity index (χ1n) is 13.3. The van der Waals surface area contributed by atoms with Gasteiger partial charge < -0.3 is 25.6 Å². The zero-order chi connectivity index (χ0) is 29.3. The Balaban J connectivity index is 1.09. The second kappa shape index (κ2) is 13.9. The summed E-state index contributed by atoms with van der Waals surface area (Å²) in [4.78, 5) is 22.1. The summed E-state index contributed by atoms with van der Waals surface area (Å²) in [5.74, 6) is 0.723. The van der Waals surface area contributed by atoms with Crippen LogP contribution in [0, 0.1) is 5.82 Å². The topological polar surface area (TPSA) is 91.4 Å². The Morgan fingerprint density at radius 3 is 2.64 bits per heavy atom. The highest BCUT2D eigenvalue weighted by Crippen LogP contribution is 2.25. The fourth-order valence-electron chi connectivity index (χ4n) is 4.31. The maximum absolute atomic E-state index is 14.4. The molecular formula is C31H29FN6O2S2. The first-order valence-corrected chi connectivity index (χ1v) is 14.7. The lowest BCUT2D eigenvalue weighted by Crippen LogP contribution is -2.33. The van der Waals surface area contributed by atoms with Gasteiger partial charge in [-0.2, -0.15) is 4.98 Å². The van der Waals surface area contributed by atoms with Gasteiger partial charge in [0.15, 0.2) is 11.6 Å². The van der Waals surface area contributed by atoms with Gasteiger partial charge in [0.1, 0.15) is 10.1 Å². The number of thioether (sulfide) groups is 1. The van der Waals surface area contributed by atoms with E-state index in [9.17, 15) is 9.18 Å². The van der Waals surface area contributed by atoms with Crippen LogP contribution in [0.25, 0.3) is 0 Å². The summed E-state index contributed by atoms with van der Waals surface area (Å²) in [5, 5.41) is 8.66. The predicted octanol–water partition coefficient (Wildman–Crippen LogP) is 6.68. The van der Waals surface area contributed by atoms with Gasteiger partial charge >= 0.3 is 0 Å². The number of ether oxygens (including phenoxy) is 1. The SMILES string of the molecule is C=CC(=O)Nc1cccc(Nc2nc(Nc3ccc(OCCSC(=S)N4CCc5ccccc5C4)cc3)ncc2F)c1. The summed E-state index contributed by atoms with van der Waals surface area (Å²) in [5.41, 5.74) is 4.55. The molecule has 3 N–H and O–H groups in total. The van der Waals surface area contributed by atoms with Crippen LogP contribution >= 0.6 is 24.0 Å². The summed E-state index contributed by atoms with van der Waals surface area (Å²) >= 11 is 7.29. The Labute approximate surface area is 253 Å². The third-order valence-electron chi connectivity index (χ3n) is 6.40. The third kappa shape index (κ3) is 7.83. The van der Waals surface area contributed by atoms with Gasteiger partial charge in [0.25, 0.3) is 0 Å². The first-order chi connectivity index (χ1) is 20.5. The van der Waals surface area contributed by atoms with Crippen molar-refractivity contribution in [1.29, 1.82) is 0 Å². The van der Waals surface area contributed by atoms with E-state index in [0.29, 0.717) is 18.0 Å². The minimum atomic E-state index is -0.618. The van der Waals surface area contributed by atoms with Crippen LogP contribution in [0.5, 0.6) is 5.75 Å². The van der Waals surface area contributed by atoms with Crippen LogP contribution in [0.4, 0.5) is 33.2 Å². The molecule has 5 rings (SSSR count). The summed E-state index contributed by atoms with van der Waals surface area (Å²) in [6, 6.07) is 22.7. The molecule has 1 aliphatic heterocycles. The molecule has 4 aromatic rings. The van der Waals surface area contributed by atoms with Crippen LogP contribution in [-0.2, 0) is 17.8 Å². The number of fused-ring (bicyclic) bond motifs is 1. The minimum absolute atomic E-state index is 0.0103. The fourth-order valence-corrected chi connectivity index (χ4v) is 5.40. The van der Waals surface area contributed by atoms with Gasteiger partial charge in [-0.15, -0.1) is 0 Å². The minimum Gasteiger partial charge on any atom is -0.493 e. The van der Waals surface area contributed by atoms with E-state index in [0.717, 1.165) is 47.2 Å². The van der Waals surface area contributed by atoms with Crippen molar-refractivity contribution in [3.05, 3.63) is 109 Å². The number of carbonyl (C=O) groups excluding carboxylic acids is 1. The van der Waals surface area contributed by atoms with Gasteiger partial charge in [-0.25, -0.2) is 9.37 Å². The second-order valence-electron chi connectivity index (χ2n) is 9.34. The molecule has 3 aromatic carbocycles. The van der Waals surface area contributed by atoms with E-state index >= 15 is 0 Å². The highest BCUT2D eigenvalue weighted by Gasteiger charge is 2.18. The summed E-state index contributed by atoms with van der Waals surface area (Å²) < 4.78 is 21.2. The molecular weight excluding hydrogens is 572 g/mol. The highest BCUT2D eigenvalue weighted by atomic mass is 32.2. The van der Waals surface area contributed by atoms with Crippen molar-refractivity contribution < 1.29 is 13.9 Å². The van der Waals surface area contributed by atoms with Crippen LogP contribution in [-0.4, -0.2) is 44.0 Å². The molecule has 0 saturated heterocycles. The van der Waals surface area contributed by atoms with E-state index in [1.165, 1.54) is 17.2 Å². The molecule has 0 unspecified atom stereocenters. The average Bonchev–Trinajstić information content (AvgIpc) is 3.01. The summed E-state index contributed by atoms with van der Waals surface area (Å²) in [6.07, 6.45) is 3.27. The van der Waals surface area contributed by atoms with Crippen LogP contribution in [0.2, 0.25) is 0 Å². The van der Waals surface area contributed by atoms with Crippen LogP contribution in [0.1, 0.15) is 11.1 Å². The van der Waals surface area contributed by atoms with Crippen molar-refractivity contribution in [3.63, 3.8) is 0 Å². The van der Waals surface area contributed by atoms with Crippen molar-refractivity contribution >= 4 is 63.0 Å². The van der Waals surface area contributed by atoms with Gasteiger partial charge in [-0.05, 0) is 66.1 Å². The quantitative estimate of drug-likeness (QED) is 0.105. The number of amides is 1. The fraction of sp³-hybridized carbons (Fsp3) is 0.161. The van der Waals surface area contributed by atoms with Gasteiger partial charge in [0.2, 0.25) is 11.9 Å². The van der Waals surface area contributed by atoms with Crippen LogP contribution < -0.4 is 20.7 Å².